The summed E-state index contributed by atoms with van der Waals surface area (Å²) in [5, 5.41) is 3.10. The largest absolute Gasteiger partial charge is 0.497 e. The highest BCUT2D eigenvalue weighted by Gasteiger charge is 2.40. The lowest BCUT2D eigenvalue weighted by molar-refractivity contribution is -0.138. The first-order chi connectivity index (χ1) is 14.9. The summed E-state index contributed by atoms with van der Waals surface area (Å²) >= 11 is 0. The number of carbonyl (C=O) groups excluding carboxylic acids is 2. The molecular weight excluding hydrogens is 400 g/mol. The number of hydrogen-bond donors (Lipinski definition) is 1. The highest BCUT2D eigenvalue weighted by atomic mass is 16.5. The molecule has 0 saturated heterocycles. The van der Waals surface area contributed by atoms with E-state index in [0.717, 1.165) is 0 Å². The number of hydrogen-bond acceptors (Lipinski definition) is 7. The average Bonchev–Trinajstić information content (AvgIpc) is 3.02. The van der Waals surface area contributed by atoms with E-state index >= 15 is 0 Å². The Bertz CT molecular complexity index is 1000. The summed E-state index contributed by atoms with van der Waals surface area (Å²) in [6.45, 7) is 3.59. The van der Waals surface area contributed by atoms with Gasteiger partial charge in [0, 0.05) is 23.9 Å². The molecule has 164 valence electrons. The van der Waals surface area contributed by atoms with Gasteiger partial charge in [0.1, 0.15) is 11.4 Å². The zero-order valence-electron chi connectivity index (χ0n) is 18.4. The zero-order chi connectivity index (χ0) is 22.7. The molecule has 1 heterocycles. The zero-order valence-corrected chi connectivity index (χ0v) is 18.4. The Balaban J connectivity index is 2.13. The van der Waals surface area contributed by atoms with Crippen LogP contribution in [-0.2, 0) is 9.59 Å². The maximum absolute atomic E-state index is 13.2. The molecule has 1 aliphatic rings. The van der Waals surface area contributed by atoms with Crippen LogP contribution in [0.5, 0.6) is 23.0 Å². The first-order valence-electron chi connectivity index (χ1n) is 9.69. The summed E-state index contributed by atoms with van der Waals surface area (Å²) in [7, 11) is 6.09. The van der Waals surface area contributed by atoms with Crippen LogP contribution < -0.4 is 24.3 Å². The molecule has 3 rings (SSSR count). The fourth-order valence-corrected chi connectivity index (χ4v) is 3.46. The molecule has 0 bridgehead atoms. The van der Waals surface area contributed by atoms with Crippen molar-refractivity contribution in [2.75, 3.05) is 33.8 Å². The van der Waals surface area contributed by atoms with Gasteiger partial charge in [-0.2, -0.15) is 0 Å². The van der Waals surface area contributed by atoms with E-state index in [1.807, 2.05) is 0 Å². The van der Waals surface area contributed by atoms with Crippen molar-refractivity contribution in [1.82, 2.24) is 4.90 Å². The molecule has 0 atom stereocenters. The first kappa shape index (κ1) is 22.0. The molecule has 0 unspecified atom stereocenters. The summed E-state index contributed by atoms with van der Waals surface area (Å²) in [4.78, 5) is 27.6. The summed E-state index contributed by atoms with van der Waals surface area (Å²) < 4.78 is 21.3. The minimum atomic E-state index is -0.403. The molecule has 2 aromatic carbocycles. The Labute approximate surface area is 181 Å². The van der Waals surface area contributed by atoms with Crippen molar-refractivity contribution < 1.29 is 28.5 Å². The van der Waals surface area contributed by atoms with Crippen LogP contribution >= 0.6 is 0 Å². The van der Waals surface area contributed by atoms with Crippen LogP contribution in [0, 0.1) is 0 Å². The molecule has 0 fully saturated rings. The van der Waals surface area contributed by atoms with Crippen LogP contribution in [0.4, 0.5) is 5.69 Å². The lowest BCUT2D eigenvalue weighted by Gasteiger charge is -2.19. The van der Waals surface area contributed by atoms with Crippen molar-refractivity contribution in [3.05, 3.63) is 47.7 Å². The van der Waals surface area contributed by atoms with Crippen molar-refractivity contribution >= 4 is 23.1 Å². The second kappa shape index (κ2) is 8.99. The molecule has 0 spiro atoms. The minimum absolute atomic E-state index is 0.179. The van der Waals surface area contributed by atoms with Crippen molar-refractivity contribution in [2.24, 2.45) is 0 Å². The number of methoxy groups -OCH3 is 4. The highest BCUT2D eigenvalue weighted by Crippen LogP contribution is 2.41. The molecule has 0 aliphatic carbocycles. The number of benzene rings is 2. The van der Waals surface area contributed by atoms with Crippen molar-refractivity contribution in [3.63, 3.8) is 0 Å². The molecule has 2 amide bonds. The van der Waals surface area contributed by atoms with Gasteiger partial charge in [0.15, 0.2) is 11.5 Å². The number of ether oxygens (including phenoxy) is 4. The smallest absolute Gasteiger partial charge is 0.278 e. The normalized spacial score (nSPS) is 13.7. The molecule has 0 saturated carbocycles. The van der Waals surface area contributed by atoms with Gasteiger partial charge in [0.25, 0.3) is 11.8 Å². The number of rotatable bonds is 8. The van der Waals surface area contributed by atoms with E-state index in [4.69, 9.17) is 18.9 Å². The van der Waals surface area contributed by atoms with Gasteiger partial charge >= 0.3 is 0 Å². The fraction of sp³-hybridized carbons (Fsp3) is 0.304. The van der Waals surface area contributed by atoms with Crippen LogP contribution in [0.3, 0.4) is 0 Å². The van der Waals surface area contributed by atoms with Gasteiger partial charge in [-0.1, -0.05) is 12.1 Å². The molecule has 1 aliphatic heterocycles. The lowest BCUT2D eigenvalue weighted by atomic mass is 10.0. The van der Waals surface area contributed by atoms with Gasteiger partial charge in [-0.25, -0.2) is 0 Å². The molecule has 0 radical (unpaired) electrons. The SMILES string of the molecule is COc1ccc(C2=C(Nc3cc(OC)c(OC)c(OC)c3)C(=O)N(C(C)C)C2=O)cc1. The number of nitrogens with one attached hydrogen (secondary N) is 1. The maximum Gasteiger partial charge on any atom is 0.278 e. The van der Waals surface area contributed by atoms with Crippen LogP contribution in [0.25, 0.3) is 5.57 Å². The molecule has 1 N–H and O–H groups in total. The van der Waals surface area contributed by atoms with E-state index in [1.165, 1.54) is 26.2 Å². The van der Waals surface area contributed by atoms with Crippen LogP contribution in [0.1, 0.15) is 19.4 Å². The van der Waals surface area contributed by atoms with E-state index in [9.17, 15) is 9.59 Å². The molecule has 31 heavy (non-hydrogen) atoms. The summed E-state index contributed by atoms with van der Waals surface area (Å²) in [6.07, 6.45) is 0. The summed E-state index contributed by atoms with van der Waals surface area (Å²) in [5.74, 6) is 1.17. The third-order valence-corrected chi connectivity index (χ3v) is 4.94. The first-order valence-corrected chi connectivity index (χ1v) is 9.69. The van der Waals surface area contributed by atoms with Gasteiger partial charge in [-0.3, -0.25) is 14.5 Å². The standard InChI is InChI=1S/C23H26N2O6/c1-13(2)25-22(26)19(14-7-9-16(28-3)10-8-14)20(23(25)27)24-15-11-17(29-4)21(31-6)18(12-15)30-5/h7-13,24H,1-6H3. The van der Waals surface area contributed by atoms with Gasteiger partial charge in [-0.15, -0.1) is 0 Å². The lowest BCUT2D eigenvalue weighted by Crippen LogP contribution is -2.38. The third kappa shape index (κ3) is 4.01. The molecule has 8 heteroatoms. The van der Waals surface area contributed by atoms with E-state index in [1.54, 1.807) is 57.4 Å². The van der Waals surface area contributed by atoms with E-state index in [0.29, 0.717) is 34.2 Å². The number of imide groups is 1. The monoisotopic (exact) mass is 426 g/mol. The van der Waals surface area contributed by atoms with Crippen molar-refractivity contribution in [1.29, 1.82) is 0 Å². The Kier molecular flexibility index (Phi) is 6.39. The third-order valence-electron chi connectivity index (χ3n) is 4.94. The fourth-order valence-electron chi connectivity index (χ4n) is 3.46. The van der Waals surface area contributed by atoms with Crippen LogP contribution in [0.15, 0.2) is 42.1 Å². The quantitative estimate of drug-likeness (QED) is 0.648. The number of nitrogens with zero attached hydrogens (tertiary/aromatic N) is 1. The topological polar surface area (TPSA) is 86.3 Å². The highest BCUT2D eigenvalue weighted by molar-refractivity contribution is 6.36. The number of amides is 2. The molecule has 2 aromatic rings. The second-order valence-electron chi connectivity index (χ2n) is 7.09. The Hall–Kier alpha value is -3.68. The van der Waals surface area contributed by atoms with Gasteiger partial charge < -0.3 is 24.3 Å². The van der Waals surface area contributed by atoms with Gasteiger partial charge in [0.05, 0.1) is 34.0 Å². The van der Waals surface area contributed by atoms with Gasteiger partial charge in [-0.05, 0) is 31.5 Å². The Morgan fingerprint density at radius 1 is 0.806 bits per heavy atom. The van der Waals surface area contributed by atoms with Crippen molar-refractivity contribution in [2.45, 2.75) is 19.9 Å². The number of carbonyl (C=O) groups is 2. The minimum Gasteiger partial charge on any atom is -0.497 e. The Morgan fingerprint density at radius 2 is 1.39 bits per heavy atom. The van der Waals surface area contributed by atoms with E-state index < -0.39 is 5.91 Å². The Morgan fingerprint density at radius 3 is 1.84 bits per heavy atom. The molecular formula is C23H26N2O6. The molecule has 8 nitrogen and oxygen atoms in total. The summed E-state index contributed by atoms with van der Waals surface area (Å²) in [5.41, 5.74) is 1.59. The van der Waals surface area contributed by atoms with Crippen LogP contribution in [0.2, 0.25) is 0 Å². The van der Waals surface area contributed by atoms with Crippen molar-refractivity contribution in [3.8, 4) is 23.0 Å². The van der Waals surface area contributed by atoms with E-state index in [-0.39, 0.29) is 23.2 Å². The average molecular weight is 426 g/mol. The second-order valence-corrected chi connectivity index (χ2v) is 7.09. The van der Waals surface area contributed by atoms with Crippen LogP contribution in [-0.4, -0.2) is 51.2 Å². The molecule has 0 aromatic heterocycles. The predicted octanol–water partition coefficient (Wildman–Crippen LogP) is 3.32. The van der Waals surface area contributed by atoms with Gasteiger partial charge in [0.2, 0.25) is 5.75 Å². The predicted molar refractivity (Wildman–Crippen MR) is 117 cm³/mol. The van der Waals surface area contributed by atoms with E-state index in [2.05, 4.69) is 5.32 Å². The summed E-state index contributed by atoms with van der Waals surface area (Å²) in [6, 6.07) is 10.0. The number of anilines is 1. The maximum atomic E-state index is 13.2.